The quantitative estimate of drug-likeness (QED) is 0.494. The summed E-state index contributed by atoms with van der Waals surface area (Å²) in [5.74, 6) is 6.16. The van der Waals surface area contributed by atoms with Crippen LogP contribution in [0.3, 0.4) is 0 Å². The van der Waals surface area contributed by atoms with E-state index in [0.29, 0.717) is 23.3 Å². The molecule has 1 aliphatic carbocycles. The highest BCUT2D eigenvalue weighted by Crippen LogP contribution is 2.29. The van der Waals surface area contributed by atoms with Crippen molar-refractivity contribution in [2.45, 2.75) is 32.7 Å². The minimum Gasteiger partial charge on any atom is -0.335 e. The molecule has 1 amide bonds. The molecule has 0 radical (unpaired) electrons. The highest BCUT2D eigenvalue weighted by molar-refractivity contribution is 6.29. The second kappa shape index (κ2) is 5.75. The summed E-state index contributed by atoms with van der Waals surface area (Å²) in [5, 5.41) is 0.263. The molecule has 0 saturated heterocycles. The van der Waals surface area contributed by atoms with Gasteiger partial charge in [0.25, 0.3) is 5.91 Å². The lowest BCUT2D eigenvalue weighted by atomic mass is 10.1. The maximum Gasteiger partial charge on any atom is 0.254 e. The molecule has 6 heteroatoms. The number of nitrogens with one attached hydrogen (secondary N) is 1. The second-order valence-electron chi connectivity index (χ2n) is 5.29. The van der Waals surface area contributed by atoms with Crippen LogP contribution in [0.2, 0.25) is 5.15 Å². The van der Waals surface area contributed by atoms with Gasteiger partial charge in [-0.3, -0.25) is 4.79 Å². The van der Waals surface area contributed by atoms with Crippen molar-refractivity contribution in [3.8, 4) is 0 Å². The molecule has 1 aromatic rings. The predicted octanol–water partition coefficient (Wildman–Crippen LogP) is 2.28. The molecule has 1 saturated carbocycles. The van der Waals surface area contributed by atoms with Gasteiger partial charge in [0, 0.05) is 18.2 Å². The lowest BCUT2D eigenvalue weighted by Gasteiger charge is -2.24. The molecular weight excluding hydrogens is 264 g/mol. The minimum absolute atomic E-state index is 0.00278. The van der Waals surface area contributed by atoms with Crippen LogP contribution >= 0.6 is 11.6 Å². The van der Waals surface area contributed by atoms with Gasteiger partial charge < -0.3 is 10.3 Å². The summed E-state index contributed by atoms with van der Waals surface area (Å²) in [6.07, 6.45) is 2.17. The third kappa shape index (κ3) is 3.58. The normalized spacial score (nSPS) is 14.6. The third-order valence-electron chi connectivity index (χ3n) is 3.00. The molecule has 1 fully saturated rings. The SMILES string of the molecule is CC(C)CN(C(=O)c1cc(Cl)nc(NN)c1)C1CC1. The van der Waals surface area contributed by atoms with E-state index < -0.39 is 0 Å². The van der Waals surface area contributed by atoms with Crippen LogP contribution in [-0.4, -0.2) is 28.4 Å². The average molecular weight is 283 g/mol. The van der Waals surface area contributed by atoms with E-state index in [2.05, 4.69) is 24.3 Å². The number of amides is 1. The van der Waals surface area contributed by atoms with Crippen molar-refractivity contribution in [1.82, 2.24) is 9.88 Å². The zero-order valence-electron chi connectivity index (χ0n) is 11.2. The molecule has 2 rings (SSSR count). The number of halogens is 1. The van der Waals surface area contributed by atoms with E-state index in [1.54, 1.807) is 12.1 Å². The minimum atomic E-state index is -0.00278. The van der Waals surface area contributed by atoms with Crippen molar-refractivity contribution in [3.05, 3.63) is 22.8 Å². The maximum atomic E-state index is 12.6. The van der Waals surface area contributed by atoms with E-state index in [1.165, 1.54) is 0 Å². The number of nitrogen functional groups attached to an aromatic ring is 1. The zero-order valence-corrected chi connectivity index (χ0v) is 11.9. The van der Waals surface area contributed by atoms with Crippen LogP contribution in [0.5, 0.6) is 0 Å². The lowest BCUT2D eigenvalue weighted by molar-refractivity contribution is 0.0722. The molecule has 5 nitrogen and oxygen atoms in total. The number of carbonyl (C=O) groups is 1. The molecule has 0 aromatic carbocycles. The fraction of sp³-hybridized carbons (Fsp3) is 0.538. The molecule has 1 heterocycles. The molecule has 19 heavy (non-hydrogen) atoms. The van der Waals surface area contributed by atoms with Crippen molar-refractivity contribution in [1.29, 1.82) is 0 Å². The molecule has 0 bridgehead atoms. The smallest absolute Gasteiger partial charge is 0.254 e. The number of pyridine rings is 1. The van der Waals surface area contributed by atoms with Crippen LogP contribution in [0.15, 0.2) is 12.1 Å². The van der Waals surface area contributed by atoms with Gasteiger partial charge in [-0.2, -0.15) is 0 Å². The van der Waals surface area contributed by atoms with Crippen LogP contribution in [0, 0.1) is 5.92 Å². The molecule has 1 aliphatic rings. The van der Waals surface area contributed by atoms with Gasteiger partial charge in [-0.25, -0.2) is 10.8 Å². The molecule has 0 aliphatic heterocycles. The highest BCUT2D eigenvalue weighted by atomic mass is 35.5. The zero-order chi connectivity index (χ0) is 14.0. The number of hydrogen-bond acceptors (Lipinski definition) is 4. The van der Waals surface area contributed by atoms with E-state index in [-0.39, 0.29) is 11.1 Å². The largest absolute Gasteiger partial charge is 0.335 e. The number of rotatable bonds is 5. The van der Waals surface area contributed by atoms with Gasteiger partial charge in [0.05, 0.1) is 0 Å². The number of nitrogens with zero attached hydrogens (tertiary/aromatic N) is 2. The molecule has 0 atom stereocenters. The van der Waals surface area contributed by atoms with Gasteiger partial charge >= 0.3 is 0 Å². The summed E-state index contributed by atoms with van der Waals surface area (Å²) in [7, 11) is 0. The van der Waals surface area contributed by atoms with Crippen LogP contribution in [0.4, 0.5) is 5.82 Å². The Balaban J connectivity index is 2.23. The maximum absolute atomic E-state index is 12.6. The van der Waals surface area contributed by atoms with Crippen molar-refractivity contribution in [2.24, 2.45) is 11.8 Å². The standard InChI is InChI=1S/C13H19ClN4O/c1-8(2)7-18(10-3-4-10)13(19)9-5-11(14)16-12(6-9)17-15/h5-6,8,10H,3-4,7,15H2,1-2H3,(H,16,17). The topological polar surface area (TPSA) is 71.2 Å². The highest BCUT2D eigenvalue weighted by Gasteiger charge is 2.33. The van der Waals surface area contributed by atoms with E-state index in [1.807, 2.05) is 4.90 Å². The Kier molecular flexibility index (Phi) is 4.27. The van der Waals surface area contributed by atoms with Crippen molar-refractivity contribution < 1.29 is 4.79 Å². The van der Waals surface area contributed by atoms with Crippen molar-refractivity contribution in [2.75, 3.05) is 12.0 Å². The summed E-state index contributed by atoms with van der Waals surface area (Å²) in [5.41, 5.74) is 2.95. The van der Waals surface area contributed by atoms with Crippen LogP contribution in [0.25, 0.3) is 0 Å². The Hall–Kier alpha value is -1.33. The van der Waals surface area contributed by atoms with Gasteiger partial charge in [0.1, 0.15) is 11.0 Å². The van der Waals surface area contributed by atoms with Gasteiger partial charge in [0.15, 0.2) is 0 Å². The first-order valence-corrected chi connectivity index (χ1v) is 6.84. The number of hydrogen-bond donors (Lipinski definition) is 2. The van der Waals surface area contributed by atoms with Crippen LogP contribution in [-0.2, 0) is 0 Å². The molecule has 3 N–H and O–H groups in total. The Morgan fingerprint density at radius 2 is 2.26 bits per heavy atom. The van der Waals surface area contributed by atoms with Gasteiger partial charge in [-0.05, 0) is 30.9 Å². The predicted molar refractivity (Wildman–Crippen MR) is 76.0 cm³/mol. The third-order valence-corrected chi connectivity index (χ3v) is 3.19. The fourth-order valence-corrected chi connectivity index (χ4v) is 2.25. The summed E-state index contributed by atoms with van der Waals surface area (Å²) >= 11 is 5.90. The van der Waals surface area contributed by atoms with Gasteiger partial charge in [-0.1, -0.05) is 25.4 Å². The molecular formula is C13H19ClN4O. The van der Waals surface area contributed by atoms with E-state index >= 15 is 0 Å². The summed E-state index contributed by atoms with van der Waals surface area (Å²) in [6.45, 7) is 4.97. The van der Waals surface area contributed by atoms with Gasteiger partial charge in [0.2, 0.25) is 0 Å². The number of carbonyl (C=O) groups excluding carboxylic acids is 1. The first kappa shape index (κ1) is 14.1. The second-order valence-corrected chi connectivity index (χ2v) is 5.68. The van der Waals surface area contributed by atoms with E-state index in [0.717, 1.165) is 19.4 Å². The summed E-state index contributed by atoms with van der Waals surface area (Å²) in [6, 6.07) is 3.58. The van der Waals surface area contributed by atoms with Crippen molar-refractivity contribution >= 4 is 23.3 Å². The first-order valence-electron chi connectivity index (χ1n) is 6.46. The molecule has 1 aromatic heterocycles. The first-order chi connectivity index (χ1) is 9.01. The number of aromatic nitrogens is 1. The number of anilines is 1. The van der Waals surface area contributed by atoms with Crippen LogP contribution in [0.1, 0.15) is 37.0 Å². The fourth-order valence-electron chi connectivity index (χ4n) is 2.04. The summed E-state index contributed by atoms with van der Waals surface area (Å²) < 4.78 is 0. The molecule has 0 spiro atoms. The lowest BCUT2D eigenvalue weighted by Crippen LogP contribution is -2.36. The Morgan fingerprint density at radius 3 is 2.79 bits per heavy atom. The number of hydrazine groups is 1. The van der Waals surface area contributed by atoms with Gasteiger partial charge in [-0.15, -0.1) is 0 Å². The number of nitrogens with two attached hydrogens (primary N) is 1. The Morgan fingerprint density at radius 1 is 1.58 bits per heavy atom. The Bertz CT molecular complexity index is 474. The van der Waals surface area contributed by atoms with Crippen molar-refractivity contribution in [3.63, 3.8) is 0 Å². The van der Waals surface area contributed by atoms with E-state index in [9.17, 15) is 4.79 Å². The van der Waals surface area contributed by atoms with Crippen LogP contribution < -0.4 is 11.3 Å². The Labute approximate surface area is 118 Å². The molecule has 104 valence electrons. The molecule has 0 unspecified atom stereocenters. The summed E-state index contributed by atoms with van der Waals surface area (Å²) in [4.78, 5) is 18.5. The average Bonchev–Trinajstić information content (AvgIpc) is 3.18. The van der Waals surface area contributed by atoms with E-state index in [4.69, 9.17) is 17.4 Å². The monoisotopic (exact) mass is 282 g/mol.